The van der Waals surface area contributed by atoms with E-state index in [4.69, 9.17) is 14.5 Å². The Morgan fingerprint density at radius 3 is 2.42 bits per heavy atom. The average molecular weight is 499 g/mol. The molecule has 7 nitrogen and oxygen atoms in total. The number of ether oxygens (including phenoxy) is 2. The number of thiazole rings is 1. The summed E-state index contributed by atoms with van der Waals surface area (Å²) in [6.45, 7) is 2.96. The van der Waals surface area contributed by atoms with Gasteiger partial charge in [0.2, 0.25) is 0 Å². The predicted octanol–water partition coefficient (Wildman–Crippen LogP) is 5.20. The molecule has 2 aromatic heterocycles. The first kappa shape index (κ1) is 22.4. The zero-order valence-corrected chi connectivity index (χ0v) is 21.0. The van der Waals surface area contributed by atoms with E-state index < -0.39 is 0 Å². The molecule has 0 N–H and O–H groups in total. The van der Waals surface area contributed by atoms with Crippen LogP contribution in [0, 0.1) is 0 Å². The van der Waals surface area contributed by atoms with Crippen molar-refractivity contribution in [2.75, 3.05) is 45.3 Å². The quantitative estimate of drug-likeness (QED) is 0.334. The minimum atomic E-state index is 0.0761. The van der Waals surface area contributed by atoms with Crippen LogP contribution in [0.15, 0.2) is 72.9 Å². The summed E-state index contributed by atoms with van der Waals surface area (Å²) in [5.41, 5.74) is 4.86. The fourth-order valence-corrected chi connectivity index (χ4v) is 5.74. The lowest BCUT2D eigenvalue weighted by Gasteiger charge is -2.36. The van der Waals surface area contributed by atoms with E-state index >= 15 is 0 Å². The number of amides is 1. The highest BCUT2D eigenvalue weighted by molar-refractivity contribution is 7.23. The molecule has 36 heavy (non-hydrogen) atoms. The van der Waals surface area contributed by atoms with Crippen LogP contribution in [-0.4, -0.2) is 60.6 Å². The first-order valence-electron chi connectivity index (χ1n) is 11.9. The minimum absolute atomic E-state index is 0.0761. The number of carbonyl (C=O) groups excluding carboxylic acids is 1. The molecule has 3 aromatic carbocycles. The van der Waals surface area contributed by atoms with Gasteiger partial charge in [0.1, 0.15) is 11.5 Å². The maximum absolute atomic E-state index is 13.3. The summed E-state index contributed by atoms with van der Waals surface area (Å²) in [5.74, 6) is 1.74. The number of aromatic nitrogens is 2. The average Bonchev–Trinajstić information content (AvgIpc) is 3.50. The van der Waals surface area contributed by atoms with Crippen LogP contribution in [0.2, 0.25) is 0 Å². The van der Waals surface area contributed by atoms with E-state index in [1.807, 2.05) is 65.6 Å². The van der Waals surface area contributed by atoms with Crippen molar-refractivity contribution in [2.45, 2.75) is 0 Å². The smallest absolute Gasteiger partial charge is 0.254 e. The van der Waals surface area contributed by atoms with Crippen LogP contribution in [-0.2, 0) is 0 Å². The van der Waals surface area contributed by atoms with Crippen molar-refractivity contribution in [1.29, 1.82) is 0 Å². The fraction of sp³-hybridized carbons (Fsp3) is 0.214. The summed E-state index contributed by atoms with van der Waals surface area (Å²) in [4.78, 5) is 23.3. The standard InChI is InChI=1S/C28H26N4O3S/c1-34-22-9-6-19(7-10-22)24-18-32-25-11-8-20(16-26(25)36-28(32)29-24)27(33)31-14-12-30(13-15-31)21-4-3-5-23(17-21)35-2/h3-11,16-18H,12-15H2,1-2H3. The molecule has 0 atom stereocenters. The Labute approximate surface area is 213 Å². The molecule has 182 valence electrons. The maximum atomic E-state index is 13.3. The van der Waals surface area contributed by atoms with Gasteiger partial charge in [0.05, 0.1) is 30.1 Å². The first-order chi connectivity index (χ1) is 17.6. The Morgan fingerprint density at radius 1 is 0.889 bits per heavy atom. The van der Waals surface area contributed by atoms with Gasteiger partial charge in [-0.3, -0.25) is 9.20 Å². The van der Waals surface area contributed by atoms with E-state index in [-0.39, 0.29) is 5.91 Å². The number of methoxy groups -OCH3 is 2. The van der Waals surface area contributed by atoms with Crippen LogP contribution < -0.4 is 14.4 Å². The van der Waals surface area contributed by atoms with Crippen LogP contribution in [0.1, 0.15) is 10.4 Å². The number of benzene rings is 3. The lowest BCUT2D eigenvalue weighted by Crippen LogP contribution is -2.48. The summed E-state index contributed by atoms with van der Waals surface area (Å²) in [6, 6.07) is 21.9. The number of piperazine rings is 1. The number of nitrogens with zero attached hydrogens (tertiary/aromatic N) is 4. The second kappa shape index (κ2) is 9.20. The summed E-state index contributed by atoms with van der Waals surface area (Å²) in [7, 11) is 3.34. The monoisotopic (exact) mass is 498 g/mol. The number of anilines is 1. The second-order valence-corrected chi connectivity index (χ2v) is 9.78. The molecule has 8 heteroatoms. The molecule has 6 rings (SSSR count). The van der Waals surface area contributed by atoms with Crippen molar-refractivity contribution >= 4 is 38.1 Å². The topological polar surface area (TPSA) is 59.3 Å². The van der Waals surface area contributed by atoms with Gasteiger partial charge in [0.15, 0.2) is 4.96 Å². The highest BCUT2D eigenvalue weighted by Crippen LogP contribution is 2.31. The predicted molar refractivity (Wildman–Crippen MR) is 144 cm³/mol. The molecule has 1 aliphatic heterocycles. The van der Waals surface area contributed by atoms with E-state index in [9.17, 15) is 4.79 Å². The molecular formula is C28H26N4O3S. The van der Waals surface area contributed by atoms with Crippen molar-refractivity contribution < 1.29 is 14.3 Å². The third-order valence-corrected chi connectivity index (χ3v) is 7.73. The van der Waals surface area contributed by atoms with Gasteiger partial charge in [-0.25, -0.2) is 4.98 Å². The first-order valence-corrected chi connectivity index (χ1v) is 12.7. The van der Waals surface area contributed by atoms with E-state index in [1.54, 1.807) is 25.6 Å². The molecule has 5 aromatic rings. The lowest BCUT2D eigenvalue weighted by molar-refractivity contribution is 0.0747. The highest BCUT2D eigenvalue weighted by Gasteiger charge is 2.23. The number of hydrogen-bond acceptors (Lipinski definition) is 6. The van der Waals surface area contributed by atoms with Gasteiger partial charge in [-0.15, -0.1) is 0 Å². The Kier molecular flexibility index (Phi) is 5.73. The van der Waals surface area contributed by atoms with Gasteiger partial charge in [0, 0.05) is 55.3 Å². The molecule has 0 saturated carbocycles. The molecule has 1 saturated heterocycles. The zero-order chi connectivity index (χ0) is 24.6. The maximum Gasteiger partial charge on any atom is 0.254 e. The molecule has 0 unspecified atom stereocenters. The van der Waals surface area contributed by atoms with E-state index in [0.29, 0.717) is 13.1 Å². The molecule has 3 heterocycles. The molecule has 1 amide bonds. The lowest BCUT2D eigenvalue weighted by atomic mass is 10.1. The highest BCUT2D eigenvalue weighted by atomic mass is 32.1. The van der Waals surface area contributed by atoms with E-state index in [0.717, 1.165) is 62.3 Å². The number of imidazole rings is 1. The third-order valence-electron chi connectivity index (χ3n) is 6.71. The van der Waals surface area contributed by atoms with Gasteiger partial charge >= 0.3 is 0 Å². The largest absolute Gasteiger partial charge is 0.497 e. The van der Waals surface area contributed by atoms with Crippen molar-refractivity contribution in [3.8, 4) is 22.8 Å². The SMILES string of the molecule is COc1ccc(-c2cn3c(n2)sc2cc(C(=O)N4CCN(c5cccc(OC)c5)CC4)ccc23)cc1. The Morgan fingerprint density at radius 2 is 1.67 bits per heavy atom. The van der Waals surface area contributed by atoms with Crippen LogP contribution in [0.3, 0.4) is 0 Å². The number of hydrogen-bond donors (Lipinski definition) is 0. The normalized spacial score (nSPS) is 13.9. The Hall–Kier alpha value is -4.04. The molecule has 0 spiro atoms. The molecule has 0 radical (unpaired) electrons. The van der Waals surface area contributed by atoms with Crippen molar-refractivity contribution in [1.82, 2.24) is 14.3 Å². The Balaban J connectivity index is 1.19. The summed E-state index contributed by atoms with van der Waals surface area (Å²) in [5, 5.41) is 0. The van der Waals surface area contributed by atoms with Crippen molar-refractivity contribution in [3.63, 3.8) is 0 Å². The van der Waals surface area contributed by atoms with Gasteiger partial charge in [-0.1, -0.05) is 17.4 Å². The molecule has 0 aliphatic carbocycles. The second-order valence-electron chi connectivity index (χ2n) is 8.77. The number of fused-ring (bicyclic) bond motifs is 3. The van der Waals surface area contributed by atoms with Gasteiger partial charge < -0.3 is 19.3 Å². The van der Waals surface area contributed by atoms with Gasteiger partial charge in [-0.05, 0) is 54.6 Å². The van der Waals surface area contributed by atoms with Crippen molar-refractivity contribution in [2.24, 2.45) is 0 Å². The molecule has 1 aliphatic rings. The Bertz CT molecular complexity index is 1550. The van der Waals surface area contributed by atoms with Crippen molar-refractivity contribution in [3.05, 3.63) is 78.5 Å². The summed E-state index contributed by atoms with van der Waals surface area (Å²) < 4.78 is 13.8. The van der Waals surface area contributed by atoms with Gasteiger partial charge in [-0.2, -0.15) is 0 Å². The van der Waals surface area contributed by atoms with Gasteiger partial charge in [0.25, 0.3) is 5.91 Å². The van der Waals surface area contributed by atoms with Crippen LogP contribution in [0.5, 0.6) is 11.5 Å². The number of rotatable bonds is 5. The third kappa shape index (κ3) is 4.03. The molecule has 1 fully saturated rings. The van der Waals surface area contributed by atoms with E-state index in [1.165, 1.54) is 0 Å². The molecule has 0 bridgehead atoms. The summed E-state index contributed by atoms with van der Waals surface area (Å²) >= 11 is 1.60. The summed E-state index contributed by atoms with van der Waals surface area (Å²) in [6.07, 6.45) is 2.05. The molecular weight excluding hydrogens is 472 g/mol. The van der Waals surface area contributed by atoms with Crippen LogP contribution in [0.4, 0.5) is 5.69 Å². The number of carbonyl (C=O) groups is 1. The van der Waals surface area contributed by atoms with E-state index in [2.05, 4.69) is 21.6 Å². The van der Waals surface area contributed by atoms with Crippen LogP contribution >= 0.6 is 11.3 Å². The minimum Gasteiger partial charge on any atom is -0.497 e. The zero-order valence-electron chi connectivity index (χ0n) is 20.2. The van der Waals surface area contributed by atoms with Crippen LogP contribution in [0.25, 0.3) is 26.4 Å². The fourth-order valence-electron chi connectivity index (χ4n) is 4.69.